The van der Waals surface area contributed by atoms with Crippen LogP contribution in [0.3, 0.4) is 0 Å². The van der Waals surface area contributed by atoms with E-state index in [-0.39, 0.29) is 0 Å². The average Bonchev–Trinajstić information content (AvgIpc) is 2.44. The molecular formula is C16H18F2N2. The minimum absolute atomic E-state index is 0.524. The van der Waals surface area contributed by atoms with Gasteiger partial charge in [-0.15, -0.1) is 0 Å². The smallest absolute Gasteiger partial charge is 0.159 e. The van der Waals surface area contributed by atoms with Crippen LogP contribution in [0.25, 0.3) is 0 Å². The van der Waals surface area contributed by atoms with Crippen LogP contribution in [-0.4, -0.2) is 18.0 Å². The van der Waals surface area contributed by atoms with Gasteiger partial charge in [0.05, 0.1) is 0 Å². The van der Waals surface area contributed by atoms with Crippen molar-refractivity contribution in [2.24, 2.45) is 5.73 Å². The van der Waals surface area contributed by atoms with Gasteiger partial charge >= 0.3 is 0 Å². The van der Waals surface area contributed by atoms with Gasteiger partial charge in [-0.05, 0) is 23.3 Å². The summed E-state index contributed by atoms with van der Waals surface area (Å²) in [7, 11) is 0. The second-order valence-electron chi connectivity index (χ2n) is 4.73. The molecule has 0 aromatic heterocycles. The molecule has 2 aromatic carbocycles. The summed E-state index contributed by atoms with van der Waals surface area (Å²) in [6.07, 6.45) is 0. The summed E-state index contributed by atoms with van der Waals surface area (Å²) >= 11 is 0. The molecule has 0 radical (unpaired) electrons. The van der Waals surface area contributed by atoms with Gasteiger partial charge in [0.1, 0.15) is 0 Å². The third-order valence-corrected chi connectivity index (χ3v) is 3.08. The van der Waals surface area contributed by atoms with E-state index in [0.717, 1.165) is 18.2 Å². The van der Waals surface area contributed by atoms with E-state index in [0.29, 0.717) is 19.6 Å². The van der Waals surface area contributed by atoms with Crippen LogP contribution in [0.5, 0.6) is 0 Å². The molecule has 0 aliphatic heterocycles. The number of nitrogens with two attached hydrogens (primary N) is 1. The monoisotopic (exact) mass is 276 g/mol. The second kappa shape index (κ2) is 7.12. The summed E-state index contributed by atoms with van der Waals surface area (Å²) in [6, 6.07) is 14.0. The number of hydrogen-bond acceptors (Lipinski definition) is 2. The third kappa shape index (κ3) is 4.11. The van der Waals surface area contributed by atoms with E-state index in [1.807, 2.05) is 30.3 Å². The van der Waals surface area contributed by atoms with Gasteiger partial charge in [-0.25, -0.2) is 8.78 Å². The van der Waals surface area contributed by atoms with Gasteiger partial charge in [0.2, 0.25) is 0 Å². The maximum absolute atomic E-state index is 13.2. The average molecular weight is 276 g/mol. The van der Waals surface area contributed by atoms with Crippen LogP contribution in [0.1, 0.15) is 11.1 Å². The fourth-order valence-electron chi connectivity index (χ4n) is 2.13. The molecule has 2 rings (SSSR count). The summed E-state index contributed by atoms with van der Waals surface area (Å²) in [5.41, 5.74) is 7.53. The van der Waals surface area contributed by atoms with Crippen LogP contribution < -0.4 is 5.73 Å². The number of rotatable bonds is 6. The van der Waals surface area contributed by atoms with Crippen molar-refractivity contribution in [3.8, 4) is 0 Å². The molecule has 0 fully saturated rings. The molecule has 0 aliphatic carbocycles. The Hall–Kier alpha value is -1.78. The molecule has 2 N–H and O–H groups in total. The Morgan fingerprint density at radius 2 is 1.55 bits per heavy atom. The SMILES string of the molecule is NCCN(Cc1ccccc1)Cc1ccc(F)c(F)c1. The lowest BCUT2D eigenvalue weighted by Gasteiger charge is -2.22. The van der Waals surface area contributed by atoms with Crippen molar-refractivity contribution in [3.05, 3.63) is 71.3 Å². The molecule has 0 bridgehead atoms. The standard InChI is InChI=1S/C16H18F2N2/c17-15-7-6-14(10-16(15)18)12-20(9-8-19)11-13-4-2-1-3-5-13/h1-7,10H,8-9,11-12,19H2. The Kier molecular flexibility index (Phi) is 5.21. The van der Waals surface area contributed by atoms with Gasteiger partial charge < -0.3 is 5.73 Å². The lowest BCUT2D eigenvalue weighted by Crippen LogP contribution is -2.28. The molecule has 2 aromatic rings. The Morgan fingerprint density at radius 1 is 0.850 bits per heavy atom. The van der Waals surface area contributed by atoms with Crippen molar-refractivity contribution >= 4 is 0 Å². The number of halogens is 2. The van der Waals surface area contributed by atoms with Crippen LogP contribution in [-0.2, 0) is 13.1 Å². The first-order valence-corrected chi connectivity index (χ1v) is 6.59. The Bertz CT molecular complexity index is 543. The molecule has 0 spiro atoms. The first-order chi connectivity index (χ1) is 9.69. The van der Waals surface area contributed by atoms with Crippen molar-refractivity contribution in [1.82, 2.24) is 4.90 Å². The van der Waals surface area contributed by atoms with E-state index in [9.17, 15) is 8.78 Å². The summed E-state index contributed by atoms with van der Waals surface area (Å²) in [6.45, 7) is 2.50. The fraction of sp³-hybridized carbons (Fsp3) is 0.250. The van der Waals surface area contributed by atoms with Crippen molar-refractivity contribution in [2.75, 3.05) is 13.1 Å². The molecular weight excluding hydrogens is 258 g/mol. The number of benzene rings is 2. The van der Waals surface area contributed by atoms with Crippen LogP contribution in [0, 0.1) is 11.6 Å². The summed E-state index contributed by atoms with van der Waals surface area (Å²) in [4.78, 5) is 2.11. The molecule has 0 saturated heterocycles. The van der Waals surface area contributed by atoms with Gasteiger partial charge in [0, 0.05) is 26.2 Å². The van der Waals surface area contributed by atoms with Crippen molar-refractivity contribution in [1.29, 1.82) is 0 Å². The second-order valence-corrected chi connectivity index (χ2v) is 4.73. The maximum Gasteiger partial charge on any atom is 0.159 e. The van der Waals surface area contributed by atoms with Crippen LogP contribution >= 0.6 is 0 Å². The summed E-state index contributed by atoms with van der Waals surface area (Å²) < 4.78 is 26.1. The third-order valence-electron chi connectivity index (χ3n) is 3.08. The molecule has 106 valence electrons. The van der Waals surface area contributed by atoms with Gasteiger partial charge in [0.15, 0.2) is 11.6 Å². The zero-order chi connectivity index (χ0) is 14.4. The highest BCUT2D eigenvalue weighted by Crippen LogP contribution is 2.13. The lowest BCUT2D eigenvalue weighted by atomic mass is 10.1. The van der Waals surface area contributed by atoms with E-state index in [1.54, 1.807) is 6.07 Å². The molecule has 0 unspecified atom stereocenters. The van der Waals surface area contributed by atoms with E-state index in [2.05, 4.69) is 4.90 Å². The highest BCUT2D eigenvalue weighted by molar-refractivity contribution is 5.19. The zero-order valence-corrected chi connectivity index (χ0v) is 11.2. The van der Waals surface area contributed by atoms with E-state index < -0.39 is 11.6 Å². The largest absolute Gasteiger partial charge is 0.329 e. The normalized spacial score (nSPS) is 11.0. The first kappa shape index (κ1) is 14.6. The van der Waals surface area contributed by atoms with Crippen molar-refractivity contribution < 1.29 is 8.78 Å². The Labute approximate surface area is 117 Å². The minimum atomic E-state index is -0.817. The molecule has 0 heterocycles. The van der Waals surface area contributed by atoms with Gasteiger partial charge in [0.25, 0.3) is 0 Å². The molecule has 20 heavy (non-hydrogen) atoms. The van der Waals surface area contributed by atoms with Gasteiger partial charge in [-0.1, -0.05) is 36.4 Å². The Balaban J connectivity index is 2.06. The molecule has 0 aliphatic rings. The molecule has 0 saturated carbocycles. The van der Waals surface area contributed by atoms with E-state index >= 15 is 0 Å². The highest BCUT2D eigenvalue weighted by Gasteiger charge is 2.08. The minimum Gasteiger partial charge on any atom is -0.329 e. The molecule has 4 heteroatoms. The van der Waals surface area contributed by atoms with Crippen LogP contribution in [0.4, 0.5) is 8.78 Å². The van der Waals surface area contributed by atoms with Crippen LogP contribution in [0.15, 0.2) is 48.5 Å². The van der Waals surface area contributed by atoms with E-state index in [4.69, 9.17) is 5.73 Å². The zero-order valence-electron chi connectivity index (χ0n) is 11.2. The molecule has 0 atom stereocenters. The summed E-state index contributed by atoms with van der Waals surface area (Å²) in [5, 5.41) is 0. The number of nitrogens with zero attached hydrogens (tertiary/aromatic N) is 1. The predicted octanol–water partition coefficient (Wildman–Crippen LogP) is 2.93. The topological polar surface area (TPSA) is 29.3 Å². The van der Waals surface area contributed by atoms with Gasteiger partial charge in [-0.3, -0.25) is 4.90 Å². The first-order valence-electron chi connectivity index (χ1n) is 6.59. The maximum atomic E-state index is 13.2. The van der Waals surface area contributed by atoms with E-state index in [1.165, 1.54) is 11.6 Å². The lowest BCUT2D eigenvalue weighted by molar-refractivity contribution is 0.264. The molecule has 0 amide bonds. The quantitative estimate of drug-likeness (QED) is 0.879. The van der Waals surface area contributed by atoms with Crippen molar-refractivity contribution in [3.63, 3.8) is 0 Å². The Morgan fingerprint density at radius 3 is 2.20 bits per heavy atom. The van der Waals surface area contributed by atoms with Gasteiger partial charge in [-0.2, -0.15) is 0 Å². The predicted molar refractivity (Wildman–Crippen MR) is 76.0 cm³/mol. The molecule has 2 nitrogen and oxygen atoms in total. The fourth-order valence-corrected chi connectivity index (χ4v) is 2.13. The van der Waals surface area contributed by atoms with Crippen molar-refractivity contribution in [2.45, 2.75) is 13.1 Å². The highest BCUT2D eigenvalue weighted by atomic mass is 19.2. The van der Waals surface area contributed by atoms with Crippen LogP contribution in [0.2, 0.25) is 0 Å². The number of hydrogen-bond donors (Lipinski definition) is 1. The summed E-state index contributed by atoms with van der Waals surface area (Å²) in [5.74, 6) is -1.63.